The molecule has 0 bridgehead atoms. The molecular formula is C18H18BrN3O2S. The van der Waals surface area contributed by atoms with Crippen LogP contribution in [0, 0.1) is 0 Å². The van der Waals surface area contributed by atoms with Crippen molar-refractivity contribution >= 4 is 50.8 Å². The number of carbonyl (C=O) groups is 2. The first-order valence-electron chi connectivity index (χ1n) is 7.64. The normalized spacial score (nSPS) is 10.2. The van der Waals surface area contributed by atoms with Gasteiger partial charge >= 0.3 is 0 Å². The molecule has 2 aromatic carbocycles. The first kappa shape index (κ1) is 19.1. The molecule has 25 heavy (non-hydrogen) atoms. The molecule has 0 fully saturated rings. The van der Waals surface area contributed by atoms with Crippen LogP contribution in [0.3, 0.4) is 0 Å². The van der Waals surface area contributed by atoms with E-state index in [0.717, 1.165) is 0 Å². The number of anilines is 1. The molecule has 0 saturated carbocycles. The van der Waals surface area contributed by atoms with Gasteiger partial charge in [-0.2, -0.15) is 0 Å². The predicted octanol–water partition coefficient (Wildman–Crippen LogP) is 3.71. The summed E-state index contributed by atoms with van der Waals surface area (Å²) in [7, 11) is 0. The van der Waals surface area contributed by atoms with Crippen LogP contribution in [0.2, 0.25) is 0 Å². The Morgan fingerprint density at radius 1 is 1.00 bits per heavy atom. The number of nitrogens with one attached hydrogen (secondary N) is 3. The van der Waals surface area contributed by atoms with Crippen LogP contribution in [0.25, 0.3) is 0 Å². The fraction of sp³-hybridized carbons (Fsp3) is 0.167. The van der Waals surface area contributed by atoms with Gasteiger partial charge in [-0.3, -0.25) is 14.9 Å². The van der Waals surface area contributed by atoms with Gasteiger partial charge in [0.1, 0.15) is 0 Å². The molecule has 0 aliphatic carbocycles. The molecule has 0 spiro atoms. The molecule has 2 amide bonds. The van der Waals surface area contributed by atoms with E-state index in [9.17, 15) is 9.59 Å². The van der Waals surface area contributed by atoms with Gasteiger partial charge in [0.2, 0.25) is 0 Å². The third-order valence-electron chi connectivity index (χ3n) is 3.17. The van der Waals surface area contributed by atoms with Gasteiger partial charge in [0.05, 0.1) is 5.56 Å². The highest BCUT2D eigenvalue weighted by Gasteiger charge is 2.11. The number of thiocarbonyl (C=S) groups is 1. The number of amides is 2. The number of benzene rings is 2. The molecule has 0 unspecified atom stereocenters. The van der Waals surface area contributed by atoms with Crippen molar-refractivity contribution in [3.63, 3.8) is 0 Å². The lowest BCUT2D eigenvalue weighted by atomic mass is 10.2. The number of halogens is 1. The summed E-state index contributed by atoms with van der Waals surface area (Å²) in [5.41, 5.74) is 1.73. The molecule has 0 heterocycles. The van der Waals surface area contributed by atoms with Crippen molar-refractivity contribution in [2.45, 2.75) is 19.9 Å². The van der Waals surface area contributed by atoms with Crippen molar-refractivity contribution in [3.8, 4) is 0 Å². The van der Waals surface area contributed by atoms with Crippen LogP contribution < -0.4 is 16.0 Å². The van der Waals surface area contributed by atoms with Gasteiger partial charge in [0.15, 0.2) is 5.11 Å². The van der Waals surface area contributed by atoms with E-state index in [2.05, 4.69) is 31.9 Å². The van der Waals surface area contributed by atoms with E-state index in [1.54, 1.807) is 42.5 Å². The third-order valence-corrected chi connectivity index (χ3v) is 4.07. The summed E-state index contributed by atoms with van der Waals surface area (Å²) >= 11 is 8.49. The summed E-state index contributed by atoms with van der Waals surface area (Å²) in [5.74, 6) is -0.440. The fourth-order valence-electron chi connectivity index (χ4n) is 2.03. The van der Waals surface area contributed by atoms with Crippen molar-refractivity contribution in [2.75, 3.05) is 5.32 Å². The summed E-state index contributed by atoms with van der Waals surface area (Å²) in [5, 5.41) is 8.55. The first-order valence-corrected chi connectivity index (χ1v) is 8.84. The maximum absolute atomic E-state index is 12.2. The fourth-order valence-corrected chi connectivity index (χ4v) is 2.70. The molecule has 7 heteroatoms. The SMILES string of the molecule is CC(C)NC(=O)c1ccc(NC(=S)NC(=O)c2ccccc2Br)cc1. The zero-order chi connectivity index (χ0) is 18.4. The van der Waals surface area contributed by atoms with E-state index < -0.39 is 0 Å². The monoisotopic (exact) mass is 419 g/mol. The smallest absolute Gasteiger partial charge is 0.258 e. The van der Waals surface area contributed by atoms with E-state index in [-0.39, 0.29) is 23.0 Å². The average Bonchev–Trinajstić information content (AvgIpc) is 2.55. The summed E-state index contributed by atoms with van der Waals surface area (Å²) in [6, 6.07) is 14.0. The van der Waals surface area contributed by atoms with E-state index >= 15 is 0 Å². The van der Waals surface area contributed by atoms with Crippen molar-refractivity contribution in [1.29, 1.82) is 0 Å². The molecule has 3 N–H and O–H groups in total. The molecular weight excluding hydrogens is 402 g/mol. The van der Waals surface area contributed by atoms with Crippen LogP contribution in [0.4, 0.5) is 5.69 Å². The Balaban J connectivity index is 1.95. The lowest BCUT2D eigenvalue weighted by molar-refractivity contribution is 0.0941. The van der Waals surface area contributed by atoms with Gasteiger partial charge in [0.25, 0.3) is 11.8 Å². The lowest BCUT2D eigenvalue weighted by Gasteiger charge is -2.11. The van der Waals surface area contributed by atoms with Crippen LogP contribution in [0.15, 0.2) is 53.0 Å². The van der Waals surface area contributed by atoms with Gasteiger partial charge in [0, 0.05) is 21.8 Å². The van der Waals surface area contributed by atoms with Crippen LogP contribution >= 0.6 is 28.1 Å². The molecule has 5 nitrogen and oxygen atoms in total. The maximum Gasteiger partial charge on any atom is 0.258 e. The van der Waals surface area contributed by atoms with E-state index in [1.807, 2.05) is 19.9 Å². The maximum atomic E-state index is 12.2. The molecule has 0 aliphatic heterocycles. The molecule has 130 valence electrons. The first-order chi connectivity index (χ1) is 11.9. The van der Waals surface area contributed by atoms with Gasteiger partial charge < -0.3 is 10.6 Å². The van der Waals surface area contributed by atoms with Gasteiger partial charge in [-0.25, -0.2) is 0 Å². The topological polar surface area (TPSA) is 70.2 Å². The highest BCUT2D eigenvalue weighted by Crippen LogP contribution is 2.15. The largest absolute Gasteiger partial charge is 0.350 e. The molecule has 0 radical (unpaired) electrons. The number of carbonyl (C=O) groups excluding carboxylic acids is 2. The van der Waals surface area contributed by atoms with E-state index in [4.69, 9.17) is 12.2 Å². The minimum Gasteiger partial charge on any atom is -0.350 e. The minimum atomic E-state index is -0.307. The summed E-state index contributed by atoms with van der Waals surface area (Å²) in [6.07, 6.45) is 0. The van der Waals surface area contributed by atoms with Crippen molar-refractivity contribution in [2.24, 2.45) is 0 Å². The van der Waals surface area contributed by atoms with E-state index in [0.29, 0.717) is 21.3 Å². The molecule has 2 rings (SSSR count). The Bertz CT molecular complexity index is 791. The zero-order valence-corrected chi connectivity index (χ0v) is 16.2. The molecule has 0 aliphatic rings. The van der Waals surface area contributed by atoms with Crippen molar-refractivity contribution in [3.05, 3.63) is 64.1 Å². The highest BCUT2D eigenvalue weighted by molar-refractivity contribution is 9.10. The quantitative estimate of drug-likeness (QED) is 0.660. The lowest BCUT2D eigenvalue weighted by Crippen LogP contribution is -2.34. The zero-order valence-electron chi connectivity index (χ0n) is 13.8. The Labute approximate surface area is 160 Å². The van der Waals surface area contributed by atoms with Crippen LogP contribution in [0.5, 0.6) is 0 Å². The molecule has 0 saturated heterocycles. The van der Waals surface area contributed by atoms with Gasteiger partial charge in [-0.15, -0.1) is 0 Å². The van der Waals surface area contributed by atoms with Crippen molar-refractivity contribution in [1.82, 2.24) is 10.6 Å². The summed E-state index contributed by atoms with van der Waals surface area (Å²) in [6.45, 7) is 3.81. The second kappa shape index (κ2) is 8.73. The Morgan fingerprint density at radius 2 is 1.64 bits per heavy atom. The average molecular weight is 420 g/mol. The second-order valence-corrected chi connectivity index (χ2v) is 6.86. The minimum absolute atomic E-state index is 0.0744. The molecule has 0 atom stereocenters. The molecule has 2 aromatic rings. The van der Waals surface area contributed by atoms with Crippen LogP contribution in [-0.4, -0.2) is 23.0 Å². The highest BCUT2D eigenvalue weighted by atomic mass is 79.9. The number of hydrogen-bond acceptors (Lipinski definition) is 3. The second-order valence-electron chi connectivity index (χ2n) is 5.59. The Morgan fingerprint density at radius 3 is 2.24 bits per heavy atom. The third kappa shape index (κ3) is 5.65. The summed E-state index contributed by atoms with van der Waals surface area (Å²) < 4.78 is 0.691. The molecule has 0 aromatic heterocycles. The Kier molecular flexibility index (Phi) is 6.66. The standard InChI is InChI=1S/C18H18BrN3O2S/c1-11(2)20-16(23)12-7-9-13(10-8-12)21-18(25)22-17(24)14-5-3-4-6-15(14)19/h3-11H,1-2H3,(H,20,23)(H2,21,22,24,25). The Hall–Kier alpha value is -2.25. The van der Waals surface area contributed by atoms with Gasteiger partial charge in [-0.1, -0.05) is 12.1 Å². The van der Waals surface area contributed by atoms with Crippen LogP contribution in [0.1, 0.15) is 34.6 Å². The van der Waals surface area contributed by atoms with Gasteiger partial charge in [-0.05, 0) is 78.4 Å². The predicted molar refractivity (Wildman–Crippen MR) is 107 cm³/mol. The summed E-state index contributed by atoms with van der Waals surface area (Å²) in [4.78, 5) is 24.1. The number of hydrogen-bond donors (Lipinski definition) is 3. The van der Waals surface area contributed by atoms with E-state index in [1.165, 1.54) is 0 Å². The van der Waals surface area contributed by atoms with Crippen molar-refractivity contribution < 1.29 is 9.59 Å². The number of rotatable bonds is 4. The van der Waals surface area contributed by atoms with Crippen LogP contribution in [-0.2, 0) is 0 Å².